The molecule has 1 aromatic heterocycles. The van der Waals surface area contributed by atoms with Gasteiger partial charge in [-0.2, -0.15) is 0 Å². The minimum atomic E-state index is 0.507. The van der Waals surface area contributed by atoms with Crippen molar-refractivity contribution in [2.24, 2.45) is 5.92 Å². The van der Waals surface area contributed by atoms with Gasteiger partial charge in [0.15, 0.2) is 0 Å². The number of rotatable bonds is 7. The van der Waals surface area contributed by atoms with Crippen molar-refractivity contribution in [3.05, 3.63) is 11.9 Å². The highest BCUT2D eigenvalue weighted by Gasteiger charge is 2.24. The van der Waals surface area contributed by atoms with Crippen LogP contribution in [0.4, 0.5) is 11.6 Å². The number of nitrogens with one attached hydrogen (secondary N) is 2. The molecule has 1 aromatic rings. The SMILES string of the molecule is CCCc1nc(NCC)cc(NC(C)C2CCC2)n1. The monoisotopic (exact) mass is 262 g/mol. The molecule has 0 aromatic carbocycles. The van der Waals surface area contributed by atoms with Gasteiger partial charge in [0, 0.05) is 25.1 Å². The van der Waals surface area contributed by atoms with Gasteiger partial charge in [-0.05, 0) is 39.0 Å². The van der Waals surface area contributed by atoms with E-state index in [4.69, 9.17) is 0 Å². The Hall–Kier alpha value is -1.32. The summed E-state index contributed by atoms with van der Waals surface area (Å²) in [4.78, 5) is 9.16. The van der Waals surface area contributed by atoms with Crippen LogP contribution in [0, 0.1) is 5.92 Å². The summed E-state index contributed by atoms with van der Waals surface area (Å²) in [5.74, 6) is 3.65. The van der Waals surface area contributed by atoms with Crippen LogP contribution in [0.3, 0.4) is 0 Å². The zero-order chi connectivity index (χ0) is 13.7. The van der Waals surface area contributed by atoms with Crippen molar-refractivity contribution in [2.75, 3.05) is 17.2 Å². The summed E-state index contributed by atoms with van der Waals surface area (Å²) in [7, 11) is 0. The first-order valence-electron chi connectivity index (χ1n) is 7.61. The van der Waals surface area contributed by atoms with Crippen molar-refractivity contribution in [1.82, 2.24) is 9.97 Å². The summed E-state index contributed by atoms with van der Waals surface area (Å²) >= 11 is 0. The van der Waals surface area contributed by atoms with E-state index in [1.165, 1.54) is 19.3 Å². The summed E-state index contributed by atoms with van der Waals surface area (Å²) in [5, 5.41) is 6.84. The Morgan fingerprint density at radius 3 is 2.58 bits per heavy atom. The minimum absolute atomic E-state index is 0.507. The van der Waals surface area contributed by atoms with Gasteiger partial charge in [0.1, 0.15) is 17.5 Å². The van der Waals surface area contributed by atoms with E-state index in [-0.39, 0.29) is 0 Å². The highest BCUT2D eigenvalue weighted by atomic mass is 15.1. The summed E-state index contributed by atoms with van der Waals surface area (Å²) in [6.45, 7) is 7.40. The molecule has 0 spiro atoms. The Morgan fingerprint density at radius 1 is 1.26 bits per heavy atom. The van der Waals surface area contributed by atoms with Crippen molar-refractivity contribution in [3.8, 4) is 0 Å². The molecule has 1 heterocycles. The van der Waals surface area contributed by atoms with Gasteiger partial charge in [0.2, 0.25) is 0 Å². The first-order chi connectivity index (χ1) is 9.22. The molecule has 1 unspecified atom stereocenters. The molecule has 1 aliphatic rings. The predicted octanol–water partition coefficient (Wildman–Crippen LogP) is 3.46. The van der Waals surface area contributed by atoms with Crippen LogP contribution in [0.25, 0.3) is 0 Å². The highest BCUT2D eigenvalue weighted by molar-refractivity contribution is 5.48. The molecular weight excluding hydrogens is 236 g/mol. The van der Waals surface area contributed by atoms with Crippen molar-refractivity contribution < 1.29 is 0 Å². The van der Waals surface area contributed by atoms with Crippen LogP contribution in [-0.4, -0.2) is 22.6 Å². The molecule has 19 heavy (non-hydrogen) atoms. The van der Waals surface area contributed by atoms with E-state index in [1.807, 2.05) is 6.07 Å². The van der Waals surface area contributed by atoms with Crippen LogP contribution in [0.2, 0.25) is 0 Å². The molecule has 2 N–H and O–H groups in total. The molecule has 4 heteroatoms. The molecule has 2 rings (SSSR count). The third-order valence-electron chi connectivity index (χ3n) is 3.84. The normalized spacial score (nSPS) is 16.8. The second-order valence-electron chi connectivity index (χ2n) is 5.46. The number of anilines is 2. The Bertz CT molecular complexity index is 377. The second-order valence-corrected chi connectivity index (χ2v) is 5.46. The van der Waals surface area contributed by atoms with Gasteiger partial charge in [-0.1, -0.05) is 13.3 Å². The Balaban J connectivity index is 2.08. The van der Waals surface area contributed by atoms with Crippen LogP contribution < -0.4 is 10.6 Å². The topological polar surface area (TPSA) is 49.8 Å². The van der Waals surface area contributed by atoms with E-state index in [2.05, 4.69) is 41.4 Å². The lowest BCUT2D eigenvalue weighted by Crippen LogP contribution is -2.31. The molecule has 0 radical (unpaired) electrons. The zero-order valence-electron chi connectivity index (χ0n) is 12.4. The number of hydrogen-bond donors (Lipinski definition) is 2. The Morgan fingerprint density at radius 2 is 2.00 bits per heavy atom. The van der Waals surface area contributed by atoms with E-state index in [0.29, 0.717) is 6.04 Å². The summed E-state index contributed by atoms with van der Waals surface area (Å²) in [6, 6.07) is 2.53. The van der Waals surface area contributed by atoms with Gasteiger partial charge in [-0.15, -0.1) is 0 Å². The number of hydrogen-bond acceptors (Lipinski definition) is 4. The third-order valence-corrected chi connectivity index (χ3v) is 3.84. The standard InChI is InChI=1S/C15H26N4/c1-4-7-13-18-14(16-5-2)10-15(19-13)17-11(3)12-8-6-9-12/h10-12H,4-9H2,1-3H3,(H2,16,17,18,19). The lowest BCUT2D eigenvalue weighted by molar-refractivity contribution is 0.285. The van der Waals surface area contributed by atoms with E-state index in [1.54, 1.807) is 0 Å². The molecule has 0 bridgehead atoms. The third kappa shape index (κ3) is 3.82. The molecule has 1 fully saturated rings. The number of nitrogens with zero attached hydrogens (tertiary/aromatic N) is 2. The van der Waals surface area contributed by atoms with E-state index in [0.717, 1.165) is 42.8 Å². The molecule has 1 atom stereocenters. The molecule has 0 amide bonds. The van der Waals surface area contributed by atoms with Gasteiger partial charge in [-0.3, -0.25) is 0 Å². The maximum absolute atomic E-state index is 4.62. The van der Waals surface area contributed by atoms with E-state index < -0.39 is 0 Å². The fourth-order valence-corrected chi connectivity index (χ4v) is 2.47. The van der Waals surface area contributed by atoms with Crippen LogP contribution in [0.15, 0.2) is 6.07 Å². The second kappa shape index (κ2) is 6.73. The largest absolute Gasteiger partial charge is 0.370 e. The molecule has 1 saturated carbocycles. The van der Waals surface area contributed by atoms with E-state index >= 15 is 0 Å². The summed E-state index contributed by atoms with van der Waals surface area (Å²) < 4.78 is 0. The molecular formula is C15H26N4. The fourth-order valence-electron chi connectivity index (χ4n) is 2.47. The van der Waals surface area contributed by atoms with Crippen molar-refractivity contribution >= 4 is 11.6 Å². The molecule has 1 aliphatic carbocycles. The van der Waals surface area contributed by atoms with Crippen LogP contribution in [0.1, 0.15) is 52.3 Å². The summed E-state index contributed by atoms with van der Waals surface area (Å²) in [6.07, 6.45) is 6.09. The quantitative estimate of drug-likeness (QED) is 0.790. The van der Waals surface area contributed by atoms with Gasteiger partial charge in [0.05, 0.1) is 0 Å². The number of aryl methyl sites for hydroxylation is 1. The first-order valence-corrected chi connectivity index (χ1v) is 7.61. The van der Waals surface area contributed by atoms with E-state index in [9.17, 15) is 0 Å². The van der Waals surface area contributed by atoms with Gasteiger partial charge >= 0.3 is 0 Å². The highest BCUT2D eigenvalue weighted by Crippen LogP contribution is 2.31. The Labute approximate surface area is 116 Å². The average Bonchev–Trinajstić information content (AvgIpc) is 2.26. The molecule has 4 nitrogen and oxygen atoms in total. The first kappa shape index (κ1) is 14.1. The van der Waals surface area contributed by atoms with Crippen LogP contribution in [-0.2, 0) is 6.42 Å². The maximum Gasteiger partial charge on any atom is 0.133 e. The predicted molar refractivity (Wildman–Crippen MR) is 80.6 cm³/mol. The van der Waals surface area contributed by atoms with Crippen molar-refractivity contribution in [1.29, 1.82) is 0 Å². The maximum atomic E-state index is 4.62. The minimum Gasteiger partial charge on any atom is -0.370 e. The van der Waals surface area contributed by atoms with Gasteiger partial charge < -0.3 is 10.6 Å². The Kier molecular flexibility index (Phi) is 5.00. The van der Waals surface area contributed by atoms with Crippen molar-refractivity contribution in [3.63, 3.8) is 0 Å². The number of aromatic nitrogens is 2. The van der Waals surface area contributed by atoms with Crippen LogP contribution >= 0.6 is 0 Å². The summed E-state index contributed by atoms with van der Waals surface area (Å²) in [5.41, 5.74) is 0. The lowest BCUT2D eigenvalue weighted by Gasteiger charge is -2.32. The zero-order valence-corrected chi connectivity index (χ0v) is 12.4. The smallest absolute Gasteiger partial charge is 0.133 e. The lowest BCUT2D eigenvalue weighted by atomic mass is 9.80. The average molecular weight is 262 g/mol. The molecule has 106 valence electrons. The van der Waals surface area contributed by atoms with Gasteiger partial charge in [0.25, 0.3) is 0 Å². The fraction of sp³-hybridized carbons (Fsp3) is 0.733. The van der Waals surface area contributed by atoms with Crippen molar-refractivity contribution in [2.45, 2.75) is 58.9 Å². The molecule has 0 saturated heterocycles. The van der Waals surface area contributed by atoms with Crippen LogP contribution in [0.5, 0.6) is 0 Å². The van der Waals surface area contributed by atoms with Gasteiger partial charge in [-0.25, -0.2) is 9.97 Å². The molecule has 0 aliphatic heterocycles.